The average Bonchev–Trinajstić information content (AvgIpc) is 2.34. The summed E-state index contributed by atoms with van der Waals surface area (Å²) >= 11 is 2.30. The molecule has 98 valence electrons. The lowest BCUT2D eigenvalue weighted by atomic mass is 9.98. The number of aliphatic carboxylic acids is 1. The van der Waals surface area contributed by atoms with E-state index in [0.29, 0.717) is 0 Å². The molecule has 1 N–H and O–H groups in total. The number of hydrogen-bond acceptors (Lipinski definition) is 2. The van der Waals surface area contributed by atoms with Gasteiger partial charge in [-0.2, -0.15) is 0 Å². The second kappa shape index (κ2) is 6.52. The van der Waals surface area contributed by atoms with E-state index in [-0.39, 0.29) is 12.5 Å². The molecule has 1 saturated heterocycles. The van der Waals surface area contributed by atoms with Gasteiger partial charge in [0.1, 0.15) is 0 Å². The summed E-state index contributed by atoms with van der Waals surface area (Å²) in [5.41, 5.74) is 1.27. The molecule has 4 heteroatoms. The first-order valence-electron chi connectivity index (χ1n) is 6.35. The van der Waals surface area contributed by atoms with Crippen molar-refractivity contribution in [2.45, 2.75) is 38.3 Å². The number of carboxylic acid groups (broad SMARTS) is 1. The van der Waals surface area contributed by atoms with E-state index in [2.05, 4.69) is 51.8 Å². The van der Waals surface area contributed by atoms with Gasteiger partial charge in [0.2, 0.25) is 0 Å². The quantitative estimate of drug-likeness (QED) is 0.840. The fourth-order valence-corrected chi connectivity index (χ4v) is 2.88. The smallest absolute Gasteiger partial charge is 0.304 e. The van der Waals surface area contributed by atoms with Gasteiger partial charge >= 0.3 is 5.97 Å². The summed E-state index contributed by atoms with van der Waals surface area (Å²) in [5.74, 6) is -0.686. The van der Waals surface area contributed by atoms with E-state index in [1.54, 1.807) is 0 Å². The van der Waals surface area contributed by atoms with Crippen LogP contribution < -0.4 is 0 Å². The van der Waals surface area contributed by atoms with Crippen LogP contribution in [0.2, 0.25) is 0 Å². The highest BCUT2D eigenvalue weighted by molar-refractivity contribution is 14.1. The number of piperidine rings is 1. The number of benzene rings is 1. The third-order valence-corrected chi connectivity index (χ3v) is 4.18. The van der Waals surface area contributed by atoms with Crippen molar-refractivity contribution in [2.75, 3.05) is 6.54 Å². The Bertz CT molecular complexity index is 405. The first kappa shape index (κ1) is 13.8. The first-order valence-corrected chi connectivity index (χ1v) is 7.43. The van der Waals surface area contributed by atoms with Gasteiger partial charge < -0.3 is 5.11 Å². The Morgan fingerprint density at radius 2 is 2.06 bits per heavy atom. The molecule has 0 amide bonds. The normalized spacial score (nSPS) is 20.8. The molecule has 1 aromatic carbocycles. The van der Waals surface area contributed by atoms with Crippen LogP contribution in [0.4, 0.5) is 0 Å². The topological polar surface area (TPSA) is 40.5 Å². The van der Waals surface area contributed by atoms with Crippen molar-refractivity contribution in [2.24, 2.45) is 0 Å². The highest BCUT2D eigenvalue weighted by Crippen LogP contribution is 2.22. The molecule has 1 unspecified atom stereocenters. The van der Waals surface area contributed by atoms with Crippen molar-refractivity contribution in [3.63, 3.8) is 0 Å². The number of nitrogens with zero attached hydrogens (tertiary/aromatic N) is 1. The van der Waals surface area contributed by atoms with Crippen LogP contribution in [-0.2, 0) is 11.3 Å². The Hall–Kier alpha value is -0.620. The minimum atomic E-state index is -0.686. The molecule has 1 aliphatic rings. The zero-order valence-electron chi connectivity index (χ0n) is 10.3. The van der Waals surface area contributed by atoms with Gasteiger partial charge in [0, 0.05) is 16.2 Å². The van der Waals surface area contributed by atoms with E-state index in [1.807, 2.05) is 0 Å². The van der Waals surface area contributed by atoms with Gasteiger partial charge in [0.25, 0.3) is 0 Å². The Morgan fingerprint density at radius 3 is 2.72 bits per heavy atom. The predicted octanol–water partition coefficient (Wildman–Crippen LogP) is 3.12. The lowest BCUT2D eigenvalue weighted by Gasteiger charge is -2.34. The summed E-state index contributed by atoms with van der Waals surface area (Å²) in [6.45, 7) is 1.89. The van der Waals surface area contributed by atoms with Gasteiger partial charge in [-0.1, -0.05) is 18.6 Å². The van der Waals surface area contributed by atoms with E-state index in [4.69, 9.17) is 5.11 Å². The fraction of sp³-hybridized carbons (Fsp3) is 0.500. The van der Waals surface area contributed by atoms with Crippen molar-refractivity contribution in [3.05, 3.63) is 33.4 Å². The Labute approximate surface area is 121 Å². The molecular weight excluding hydrogens is 341 g/mol. The zero-order valence-corrected chi connectivity index (χ0v) is 12.5. The second-order valence-corrected chi connectivity index (χ2v) is 6.09. The molecule has 0 spiro atoms. The van der Waals surface area contributed by atoms with E-state index >= 15 is 0 Å². The van der Waals surface area contributed by atoms with Gasteiger partial charge in [0.15, 0.2) is 0 Å². The van der Waals surface area contributed by atoms with Crippen molar-refractivity contribution in [1.82, 2.24) is 4.90 Å². The summed E-state index contributed by atoms with van der Waals surface area (Å²) in [4.78, 5) is 13.2. The summed E-state index contributed by atoms with van der Waals surface area (Å²) in [6, 6.07) is 8.68. The molecule has 0 saturated carbocycles. The SMILES string of the molecule is O=C(O)CC1CCCCN1Cc1ccc(I)cc1. The average molecular weight is 359 g/mol. The van der Waals surface area contributed by atoms with E-state index < -0.39 is 5.97 Å². The Kier molecular flexibility index (Phi) is 5.00. The van der Waals surface area contributed by atoms with Crippen LogP contribution in [0, 0.1) is 3.57 Å². The number of halogens is 1. The summed E-state index contributed by atoms with van der Waals surface area (Å²) < 4.78 is 1.23. The molecule has 1 atom stereocenters. The molecule has 0 radical (unpaired) electrons. The van der Waals surface area contributed by atoms with Crippen LogP contribution >= 0.6 is 22.6 Å². The molecule has 1 aromatic rings. The van der Waals surface area contributed by atoms with Gasteiger partial charge in [-0.25, -0.2) is 0 Å². The Balaban J connectivity index is 2.00. The molecule has 1 aliphatic heterocycles. The maximum absolute atomic E-state index is 10.9. The highest BCUT2D eigenvalue weighted by atomic mass is 127. The number of likely N-dealkylation sites (tertiary alicyclic amines) is 1. The molecule has 18 heavy (non-hydrogen) atoms. The molecule has 0 aliphatic carbocycles. The number of carboxylic acids is 1. The van der Waals surface area contributed by atoms with Gasteiger partial charge in [-0.05, 0) is 59.7 Å². The monoisotopic (exact) mass is 359 g/mol. The summed E-state index contributed by atoms with van der Waals surface area (Å²) in [5, 5.41) is 8.96. The van der Waals surface area contributed by atoms with E-state index in [9.17, 15) is 4.79 Å². The minimum absolute atomic E-state index is 0.204. The van der Waals surface area contributed by atoms with Crippen molar-refractivity contribution in [3.8, 4) is 0 Å². The third kappa shape index (κ3) is 3.95. The fourth-order valence-electron chi connectivity index (χ4n) is 2.53. The molecule has 2 rings (SSSR count). The van der Waals surface area contributed by atoms with Crippen molar-refractivity contribution < 1.29 is 9.90 Å². The predicted molar refractivity (Wildman–Crippen MR) is 79.5 cm³/mol. The van der Waals surface area contributed by atoms with E-state index in [1.165, 1.54) is 15.6 Å². The van der Waals surface area contributed by atoms with Crippen LogP contribution in [0.1, 0.15) is 31.2 Å². The van der Waals surface area contributed by atoms with Crippen LogP contribution in [-0.4, -0.2) is 28.6 Å². The largest absolute Gasteiger partial charge is 0.481 e. The Morgan fingerprint density at radius 1 is 1.33 bits per heavy atom. The molecule has 0 bridgehead atoms. The first-order chi connectivity index (χ1) is 8.65. The number of hydrogen-bond donors (Lipinski definition) is 1. The maximum atomic E-state index is 10.9. The van der Waals surface area contributed by atoms with E-state index in [0.717, 1.165) is 25.9 Å². The van der Waals surface area contributed by atoms with Gasteiger partial charge in [-0.3, -0.25) is 9.69 Å². The minimum Gasteiger partial charge on any atom is -0.481 e. The lowest BCUT2D eigenvalue weighted by Crippen LogP contribution is -2.40. The number of carbonyl (C=O) groups is 1. The maximum Gasteiger partial charge on any atom is 0.304 e. The van der Waals surface area contributed by atoms with Crippen LogP contribution in [0.15, 0.2) is 24.3 Å². The molecule has 1 fully saturated rings. The van der Waals surface area contributed by atoms with Crippen LogP contribution in [0.5, 0.6) is 0 Å². The summed E-state index contributed by atoms with van der Waals surface area (Å²) in [7, 11) is 0. The van der Waals surface area contributed by atoms with Crippen molar-refractivity contribution >= 4 is 28.6 Å². The third-order valence-electron chi connectivity index (χ3n) is 3.46. The molecular formula is C14H18INO2. The lowest BCUT2D eigenvalue weighted by molar-refractivity contribution is -0.138. The van der Waals surface area contributed by atoms with Gasteiger partial charge in [0.05, 0.1) is 6.42 Å². The molecule has 1 heterocycles. The highest BCUT2D eigenvalue weighted by Gasteiger charge is 2.24. The van der Waals surface area contributed by atoms with Crippen molar-refractivity contribution in [1.29, 1.82) is 0 Å². The summed E-state index contributed by atoms with van der Waals surface area (Å²) in [6.07, 6.45) is 3.61. The zero-order chi connectivity index (χ0) is 13.0. The second-order valence-electron chi connectivity index (χ2n) is 4.84. The van der Waals surface area contributed by atoms with Crippen LogP contribution in [0.25, 0.3) is 0 Å². The van der Waals surface area contributed by atoms with Crippen LogP contribution in [0.3, 0.4) is 0 Å². The number of rotatable bonds is 4. The molecule has 0 aromatic heterocycles. The molecule has 3 nitrogen and oxygen atoms in total. The standard InChI is InChI=1S/C14H18INO2/c15-12-6-4-11(5-7-12)10-16-8-2-1-3-13(16)9-14(17)18/h4-7,13H,1-3,8-10H2,(H,17,18). The van der Waals surface area contributed by atoms with Gasteiger partial charge in [-0.15, -0.1) is 0 Å².